The fourth-order valence-electron chi connectivity index (χ4n) is 2.72. The first kappa shape index (κ1) is 22.0. The number of hydrogen-bond donors (Lipinski definition) is 2. The average molecular weight is 440 g/mol. The molecule has 0 bridgehead atoms. The normalized spacial score (nSPS) is 10.7. The molecule has 8 nitrogen and oxygen atoms in total. The molecule has 160 valence electrons. The standard InChI is InChI=1S/C22H22ClN5O3/c1-14-10-15(2)26-22(25-14)28-24-12-16-8-9-19(20(11-16)30-3)31-13-21(29)27-18-7-5-4-6-17(18)23/h4-12H,13H2,1-3H3,(H,27,29)(H,25,26,28)/b24-12+. The molecule has 0 atom stereocenters. The number of hydrazone groups is 1. The van der Waals surface area contributed by atoms with E-state index >= 15 is 0 Å². The Bertz CT molecular complexity index is 1080. The van der Waals surface area contributed by atoms with Crippen LogP contribution in [0.15, 0.2) is 53.6 Å². The molecule has 0 saturated heterocycles. The number of para-hydroxylation sites is 1. The number of rotatable bonds is 8. The van der Waals surface area contributed by atoms with Crippen LogP contribution < -0.4 is 20.2 Å². The van der Waals surface area contributed by atoms with Crippen molar-refractivity contribution in [3.63, 3.8) is 0 Å². The van der Waals surface area contributed by atoms with E-state index in [1.54, 1.807) is 48.7 Å². The van der Waals surface area contributed by atoms with Gasteiger partial charge in [0, 0.05) is 11.4 Å². The minimum Gasteiger partial charge on any atom is -0.493 e. The number of ether oxygens (including phenoxy) is 2. The SMILES string of the molecule is COc1cc(/C=N/Nc2nc(C)cc(C)n2)ccc1OCC(=O)Nc1ccccc1Cl. The van der Waals surface area contributed by atoms with Crippen molar-refractivity contribution < 1.29 is 14.3 Å². The molecule has 0 unspecified atom stereocenters. The van der Waals surface area contributed by atoms with Gasteiger partial charge in [-0.05, 0) is 55.8 Å². The first-order valence-corrected chi connectivity index (χ1v) is 9.79. The third-order valence-corrected chi connectivity index (χ3v) is 4.38. The molecule has 0 fully saturated rings. The number of methoxy groups -OCH3 is 1. The Morgan fingerprint density at radius 3 is 2.55 bits per heavy atom. The van der Waals surface area contributed by atoms with Gasteiger partial charge in [0.15, 0.2) is 18.1 Å². The Morgan fingerprint density at radius 2 is 1.84 bits per heavy atom. The summed E-state index contributed by atoms with van der Waals surface area (Å²) < 4.78 is 11.0. The molecule has 9 heteroatoms. The molecule has 0 spiro atoms. The van der Waals surface area contributed by atoms with Gasteiger partial charge in [-0.3, -0.25) is 4.79 Å². The molecule has 0 aliphatic carbocycles. The molecule has 0 aliphatic heterocycles. The molecule has 1 aromatic heterocycles. The molecule has 0 aliphatic rings. The number of carbonyl (C=O) groups excluding carboxylic acids is 1. The Kier molecular flexibility index (Phi) is 7.40. The van der Waals surface area contributed by atoms with Crippen LogP contribution in [0.1, 0.15) is 17.0 Å². The zero-order chi connectivity index (χ0) is 22.2. The van der Waals surface area contributed by atoms with Gasteiger partial charge >= 0.3 is 0 Å². The van der Waals surface area contributed by atoms with Crippen LogP contribution in [0.25, 0.3) is 0 Å². The Balaban J connectivity index is 1.60. The summed E-state index contributed by atoms with van der Waals surface area (Å²) in [6.07, 6.45) is 1.61. The second kappa shape index (κ2) is 10.4. The lowest BCUT2D eigenvalue weighted by atomic mass is 10.2. The third-order valence-electron chi connectivity index (χ3n) is 4.05. The topological polar surface area (TPSA) is 97.7 Å². The highest BCUT2D eigenvalue weighted by Crippen LogP contribution is 2.28. The summed E-state index contributed by atoms with van der Waals surface area (Å²) in [7, 11) is 1.52. The molecular weight excluding hydrogens is 418 g/mol. The second-order valence-electron chi connectivity index (χ2n) is 6.57. The number of aromatic nitrogens is 2. The van der Waals surface area contributed by atoms with E-state index in [0.717, 1.165) is 17.0 Å². The average Bonchev–Trinajstić information content (AvgIpc) is 2.73. The quantitative estimate of drug-likeness (QED) is 0.403. The van der Waals surface area contributed by atoms with Crippen LogP contribution in [-0.2, 0) is 4.79 Å². The minimum atomic E-state index is -0.335. The van der Waals surface area contributed by atoms with Crippen molar-refractivity contribution in [1.29, 1.82) is 0 Å². The van der Waals surface area contributed by atoms with E-state index < -0.39 is 0 Å². The van der Waals surface area contributed by atoms with E-state index in [1.807, 2.05) is 19.9 Å². The molecular formula is C22H22ClN5O3. The maximum Gasteiger partial charge on any atom is 0.262 e. The number of halogens is 1. The summed E-state index contributed by atoms with van der Waals surface area (Å²) in [5.74, 6) is 0.986. The zero-order valence-electron chi connectivity index (χ0n) is 17.3. The predicted molar refractivity (Wildman–Crippen MR) is 121 cm³/mol. The monoisotopic (exact) mass is 439 g/mol. The van der Waals surface area contributed by atoms with E-state index in [9.17, 15) is 4.79 Å². The van der Waals surface area contributed by atoms with Crippen molar-refractivity contribution in [2.24, 2.45) is 5.10 Å². The number of nitrogens with zero attached hydrogens (tertiary/aromatic N) is 3. The van der Waals surface area contributed by atoms with Crippen LogP contribution in [-0.4, -0.2) is 35.8 Å². The molecule has 1 heterocycles. The molecule has 0 saturated carbocycles. The largest absolute Gasteiger partial charge is 0.493 e. The van der Waals surface area contributed by atoms with Crippen LogP contribution in [0.3, 0.4) is 0 Å². The summed E-state index contributed by atoms with van der Waals surface area (Å²) in [6, 6.07) is 14.1. The van der Waals surface area contributed by atoms with E-state index in [4.69, 9.17) is 21.1 Å². The van der Waals surface area contributed by atoms with Gasteiger partial charge in [-0.1, -0.05) is 23.7 Å². The second-order valence-corrected chi connectivity index (χ2v) is 6.98. The van der Waals surface area contributed by atoms with Crippen LogP contribution in [0.2, 0.25) is 5.02 Å². The highest BCUT2D eigenvalue weighted by atomic mass is 35.5. The Hall–Kier alpha value is -3.65. The van der Waals surface area contributed by atoms with Crippen LogP contribution in [0.5, 0.6) is 11.5 Å². The van der Waals surface area contributed by atoms with Crippen LogP contribution in [0, 0.1) is 13.8 Å². The smallest absolute Gasteiger partial charge is 0.262 e. The summed E-state index contributed by atoms with van der Waals surface area (Å²) in [4.78, 5) is 20.7. The first-order valence-electron chi connectivity index (χ1n) is 9.41. The number of amides is 1. The zero-order valence-corrected chi connectivity index (χ0v) is 18.1. The van der Waals surface area contributed by atoms with Gasteiger partial charge in [-0.2, -0.15) is 5.10 Å². The molecule has 1 amide bonds. The summed E-state index contributed by atoms with van der Waals surface area (Å²) in [5.41, 5.74) is 5.80. The lowest BCUT2D eigenvalue weighted by Crippen LogP contribution is -2.20. The fraction of sp³-hybridized carbons (Fsp3) is 0.182. The van der Waals surface area contributed by atoms with Gasteiger partial charge in [0.1, 0.15) is 0 Å². The van der Waals surface area contributed by atoms with Gasteiger partial charge in [-0.25, -0.2) is 15.4 Å². The Morgan fingerprint density at radius 1 is 1.10 bits per heavy atom. The minimum absolute atomic E-state index is 0.194. The lowest BCUT2D eigenvalue weighted by molar-refractivity contribution is -0.118. The number of hydrogen-bond acceptors (Lipinski definition) is 7. The highest BCUT2D eigenvalue weighted by Gasteiger charge is 2.10. The highest BCUT2D eigenvalue weighted by molar-refractivity contribution is 6.33. The van der Waals surface area contributed by atoms with Gasteiger partial charge in [-0.15, -0.1) is 0 Å². The molecule has 2 aromatic carbocycles. The van der Waals surface area contributed by atoms with Gasteiger partial charge in [0.2, 0.25) is 5.95 Å². The molecule has 3 rings (SSSR count). The number of aryl methyl sites for hydroxylation is 2. The van der Waals surface area contributed by atoms with Crippen molar-refractivity contribution >= 4 is 35.4 Å². The van der Waals surface area contributed by atoms with Crippen molar-refractivity contribution in [2.45, 2.75) is 13.8 Å². The number of anilines is 2. The first-order chi connectivity index (χ1) is 14.9. The van der Waals surface area contributed by atoms with Crippen molar-refractivity contribution in [2.75, 3.05) is 24.5 Å². The number of benzene rings is 2. The number of carbonyl (C=O) groups is 1. The predicted octanol–water partition coefficient (Wildman–Crippen LogP) is 4.22. The van der Waals surface area contributed by atoms with E-state index in [2.05, 4.69) is 25.8 Å². The van der Waals surface area contributed by atoms with Crippen LogP contribution in [0.4, 0.5) is 11.6 Å². The van der Waals surface area contributed by atoms with Crippen LogP contribution >= 0.6 is 11.6 Å². The lowest BCUT2D eigenvalue weighted by Gasteiger charge is -2.12. The third kappa shape index (κ3) is 6.42. The van der Waals surface area contributed by atoms with Crippen molar-refractivity contribution in [3.8, 4) is 11.5 Å². The van der Waals surface area contributed by atoms with E-state index in [-0.39, 0.29) is 12.5 Å². The number of nitrogens with one attached hydrogen (secondary N) is 2. The fourth-order valence-corrected chi connectivity index (χ4v) is 2.90. The summed E-state index contributed by atoms with van der Waals surface area (Å²) >= 11 is 6.05. The van der Waals surface area contributed by atoms with Gasteiger partial charge in [0.05, 0.1) is 24.0 Å². The van der Waals surface area contributed by atoms with Gasteiger partial charge < -0.3 is 14.8 Å². The van der Waals surface area contributed by atoms with Crippen molar-refractivity contribution in [3.05, 3.63) is 70.5 Å². The van der Waals surface area contributed by atoms with Gasteiger partial charge in [0.25, 0.3) is 5.91 Å². The molecule has 2 N–H and O–H groups in total. The summed E-state index contributed by atoms with van der Waals surface area (Å²) in [5, 5.41) is 7.31. The van der Waals surface area contributed by atoms with Crippen molar-refractivity contribution in [1.82, 2.24) is 9.97 Å². The maximum atomic E-state index is 12.2. The summed E-state index contributed by atoms with van der Waals surface area (Å²) in [6.45, 7) is 3.59. The molecule has 31 heavy (non-hydrogen) atoms. The molecule has 3 aromatic rings. The molecule has 0 radical (unpaired) electrons. The Labute approximate surface area is 185 Å². The maximum absolute atomic E-state index is 12.2. The van der Waals surface area contributed by atoms with E-state index in [1.165, 1.54) is 7.11 Å². The van der Waals surface area contributed by atoms with E-state index in [0.29, 0.717) is 28.2 Å².